The summed E-state index contributed by atoms with van der Waals surface area (Å²) in [6.07, 6.45) is 2.05. The van der Waals surface area contributed by atoms with Gasteiger partial charge in [-0.05, 0) is 48.8 Å². The van der Waals surface area contributed by atoms with Gasteiger partial charge in [0, 0.05) is 18.8 Å². The number of morpholine rings is 1. The Bertz CT molecular complexity index is 1030. The van der Waals surface area contributed by atoms with Crippen LogP contribution < -0.4 is 15.5 Å². The van der Waals surface area contributed by atoms with E-state index in [1.807, 2.05) is 6.07 Å². The second-order valence-corrected chi connectivity index (χ2v) is 10.6. The molecule has 1 aliphatic carbocycles. The van der Waals surface area contributed by atoms with Gasteiger partial charge in [0.05, 0.1) is 31.6 Å². The highest BCUT2D eigenvalue weighted by Gasteiger charge is 2.56. The number of hydrogen-bond donors (Lipinski definition) is 2. The van der Waals surface area contributed by atoms with Gasteiger partial charge >= 0.3 is 12.0 Å². The van der Waals surface area contributed by atoms with Crippen molar-refractivity contribution in [2.24, 2.45) is 11.3 Å². The van der Waals surface area contributed by atoms with Crippen molar-refractivity contribution in [2.75, 3.05) is 50.2 Å². The molecule has 3 aliphatic rings. The fourth-order valence-electron chi connectivity index (χ4n) is 5.92. The van der Waals surface area contributed by atoms with Crippen LogP contribution in [-0.2, 0) is 19.1 Å². The summed E-state index contributed by atoms with van der Waals surface area (Å²) in [5.74, 6) is -1.27. The Hall–Kier alpha value is -3.14. The van der Waals surface area contributed by atoms with Crippen LogP contribution in [0.5, 0.6) is 0 Å². The molecule has 1 aromatic rings. The van der Waals surface area contributed by atoms with E-state index in [0.29, 0.717) is 39.1 Å². The molecular formula is C25H34N4O6. The van der Waals surface area contributed by atoms with Crippen LogP contribution in [0.3, 0.4) is 0 Å². The van der Waals surface area contributed by atoms with E-state index >= 15 is 0 Å². The molecule has 190 valence electrons. The first kappa shape index (κ1) is 25.0. The molecule has 4 amide bonds. The second-order valence-electron chi connectivity index (χ2n) is 10.6. The number of anilines is 2. The predicted octanol–water partition coefficient (Wildman–Crippen LogP) is 2.39. The Morgan fingerprint density at radius 3 is 2.57 bits per heavy atom. The van der Waals surface area contributed by atoms with Gasteiger partial charge in [-0.1, -0.05) is 20.8 Å². The number of methoxy groups -OCH3 is 1. The van der Waals surface area contributed by atoms with E-state index in [1.54, 1.807) is 12.1 Å². The van der Waals surface area contributed by atoms with E-state index in [4.69, 9.17) is 9.47 Å². The van der Waals surface area contributed by atoms with Gasteiger partial charge in [0.15, 0.2) is 0 Å². The van der Waals surface area contributed by atoms with Crippen LogP contribution in [0, 0.1) is 11.3 Å². The zero-order chi connectivity index (χ0) is 25.4. The average Bonchev–Trinajstić information content (AvgIpc) is 3.01. The molecule has 2 heterocycles. The fourth-order valence-corrected chi connectivity index (χ4v) is 5.92. The molecule has 2 N–H and O–H groups in total. The molecule has 4 rings (SSSR count). The number of benzene rings is 1. The smallest absolute Gasteiger partial charge is 0.340 e. The predicted molar refractivity (Wildman–Crippen MR) is 129 cm³/mol. The Morgan fingerprint density at radius 1 is 1.20 bits per heavy atom. The second kappa shape index (κ2) is 9.49. The highest BCUT2D eigenvalue weighted by molar-refractivity contribution is 6.11. The van der Waals surface area contributed by atoms with E-state index in [2.05, 4.69) is 36.3 Å². The number of amides is 4. The number of ether oxygens (including phenoxy) is 2. The van der Waals surface area contributed by atoms with Crippen LogP contribution >= 0.6 is 0 Å². The molecule has 2 saturated heterocycles. The Kier molecular flexibility index (Phi) is 6.77. The third-order valence-electron chi connectivity index (χ3n) is 6.98. The van der Waals surface area contributed by atoms with E-state index in [9.17, 15) is 19.2 Å². The summed E-state index contributed by atoms with van der Waals surface area (Å²) in [5.41, 5.74) is 0.192. The lowest BCUT2D eigenvalue weighted by molar-refractivity contribution is -0.136. The van der Waals surface area contributed by atoms with Crippen molar-refractivity contribution < 1.29 is 28.7 Å². The summed E-state index contributed by atoms with van der Waals surface area (Å²) in [4.78, 5) is 54.5. The van der Waals surface area contributed by atoms with Crippen molar-refractivity contribution in [3.63, 3.8) is 0 Å². The molecule has 2 aliphatic heterocycles. The number of imide groups is 1. The van der Waals surface area contributed by atoms with Crippen molar-refractivity contribution in [3.8, 4) is 0 Å². The van der Waals surface area contributed by atoms with E-state index in [0.717, 1.165) is 17.0 Å². The summed E-state index contributed by atoms with van der Waals surface area (Å²) < 4.78 is 10.3. The van der Waals surface area contributed by atoms with Gasteiger partial charge in [0.2, 0.25) is 5.91 Å². The lowest BCUT2D eigenvalue weighted by atomic mass is 9.64. The lowest BCUT2D eigenvalue weighted by Gasteiger charge is -2.43. The van der Waals surface area contributed by atoms with Crippen molar-refractivity contribution in [1.29, 1.82) is 0 Å². The number of hydrogen-bond acceptors (Lipinski definition) is 7. The number of carbonyl (C=O) groups excluding carboxylic acids is 4. The number of rotatable bonds is 5. The molecule has 3 fully saturated rings. The molecule has 35 heavy (non-hydrogen) atoms. The standard InChI is InChI=1S/C25H34N4O6/c1-16-12-24(2,3)15-25(13-16)22(32)29(23(33)27-25)14-20(30)26-19-6-5-17(11-18(19)21(31)34-4)28-7-9-35-10-8-28/h5-6,11,16H,7-10,12-15H2,1-4H3,(H,26,30)(H,27,33). The quantitative estimate of drug-likeness (QED) is 0.485. The van der Waals surface area contributed by atoms with Crippen molar-refractivity contribution in [2.45, 2.75) is 45.6 Å². The molecule has 1 aromatic carbocycles. The van der Waals surface area contributed by atoms with Crippen LogP contribution in [0.15, 0.2) is 18.2 Å². The Balaban J connectivity index is 1.49. The van der Waals surface area contributed by atoms with E-state index in [1.165, 1.54) is 7.11 Å². The molecule has 0 radical (unpaired) electrons. The van der Waals surface area contributed by atoms with Crippen LogP contribution in [-0.4, -0.2) is 74.2 Å². The van der Waals surface area contributed by atoms with Gasteiger partial charge < -0.3 is 25.0 Å². The van der Waals surface area contributed by atoms with Crippen molar-refractivity contribution in [3.05, 3.63) is 23.8 Å². The number of urea groups is 1. The summed E-state index contributed by atoms with van der Waals surface area (Å²) in [6, 6.07) is 4.54. The van der Waals surface area contributed by atoms with Gasteiger partial charge in [0.25, 0.3) is 5.91 Å². The molecule has 1 saturated carbocycles. The zero-order valence-electron chi connectivity index (χ0n) is 20.8. The molecule has 2 unspecified atom stereocenters. The molecule has 2 atom stereocenters. The van der Waals surface area contributed by atoms with Crippen molar-refractivity contribution in [1.82, 2.24) is 10.2 Å². The zero-order valence-corrected chi connectivity index (χ0v) is 20.8. The maximum Gasteiger partial charge on any atom is 0.340 e. The van der Waals surface area contributed by atoms with Crippen LogP contribution in [0.25, 0.3) is 0 Å². The van der Waals surface area contributed by atoms with Gasteiger partial charge in [-0.2, -0.15) is 0 Å². The monoisotopic (exact) mass is 486 g/mol. The number of esters is 1. The molecule has 0 aromatic heterocycles. The largest absolute Gasteiger partial charge is 0.465 e. The third kappa shape index (κ3) is 5.12. The first-order valence-electron chi connectivity index (χ1n) is 12.0. The van der Waals surface area contributed by atoms with E-state index < -0.39 is 30.0 Å². The molecule has 10 nitrogen and oxygen atoms in total. The maximum absolute atomic E-state index is 13.3. The highest BCUT2D eigenvalue weighted by atomic mass is 16.5. The summed E-state index contributed by atoms with van der Waals surface area (Å²) in [6.45, 7) is 8.39. The number of carbonyl (C=O) groups is 4. The Labute approximate surface area is 205 Å². The number of nitrogens with one attached hydrogen (secondary N) is 2. The summed E-state index contributed by atoms with van der Waals surface area (Å²) in [7, 11) is 1.27. The lowest BCUT2D eigenvalue weighted by Crippen LogP contribution is -2.54. The molecule has 10 heteroatoms. The molecule has 1 spiro atoms. The third-order valence-corrected chi connectivity index (χ3v) is 6.98. The minimum Gasteiger partial charge on any atom is -0.465 e. The van der Waals surface area contributed by atoms with Crippen molar-refractivity contribution >= 4 is 35.2 Å². The van der Waals surface area contributed by atoms with Crippen LogP contribution in [0.1, 0.15) is 50.4 Å². The summed E-state index contributed by atoms with van der Waals surface area (Å²) in [5, 5.41) is 5.56. The fraction of sp³-hybridized carbons (Fsp3) is 0.600. The van der Waals surface area contributed by atoms with Gasteiger partial charge in [-0.25, -0.2) is 9.59 Å². The van der Waals surface area contributed by atoms with Crippen LogP contribution in [0.4, 0.5) is 16.2 Å². The topological polar surface area (TPSA) is 117 Å². The summed E-state index contributed by atoms with van der Waals surface area (Å²) >= 11 is 0. The van der Waals surface area contributed by atoms with Gasteiger partial charge in [-0.15, -0.1) is 0 Å². The molecular weight excluding hydrogens is 452 g/mol. The average molecular weight is 487 g/mol. The maximum atomic E-state index is 13.3. The number of nitrogens with zero attached hydrogens (tertiary/aromatic N) is 2. The van der Waals surface area contributed by atoms with Crippen LogP contribution in [0.2, 0.25) is 0 Å². The SMILES string of the molecule is COC(=O)c1cc(N2CCOCC2)ccc1NC(=O)CN1C(=O)NC2(CC(C)CC(C)(C)C2)C1=O. The highest BCUT2D eigenvalue weighted by Crippen LogP contribution is 2.46. The first-order valence-corrected chi connectivity index (χ1v) is 12.0. The molecule has 0 bridgehead atoms. The minimum absolute atomic E-state index is 0.101. The van der Waals surface area contributed by atoms with E-state index in [-0.39, 0.29) is 28.5 Å². The van der Waals surface area contributed by atoms with Gasteiger partial charge in [0.1, 0.15) is 12.1 Å². The first-order chi connectivity index (χ1) is 16.5. The normalized spacial score (nSPS) is 26.0. The minimum atomic E-state index is -0.977. The van der Waals surface area contributed by atoms with Gasteiger partial charge in [-0.3, -0.25) is 14.5 Å². The Morgan fingerprint density at radius 2 is 1.91 bits per heavy atom.